The number of methoxy groups -OCH3 is 1. The van der Waals surface area contributed by atoms with Crippen molar-refractivity contribution in [1.29, 1.82) is 0 Å². The predicted octanol–water partition coefficient (Wildman–Crippen LogP) is 2.20. The van der Waals surface area contributed by atoms with Gasteiger partial charge in [0.25, 0.3) is 5.56 Å². The second kappa shape index (κ2) is 8.63. The molecule has 0 amide bonds. The molecule has 152 valence electrons. The monoisotopic (exact) mass is 394 g/mol. The molecule has 0 spiro atoms. The molecular weight excluding hydrogens is 368 g/mol. The van der Waals surface area contributed by atoms with E-state index in [0.29, 0.717) is 41.4 Å². The molecule has 0 bridgehead atoms. The average Bonchev–Trinajstić information content (AvgIpc) is 2.75. The van der Waals surface area contributed by atoms with E-state index in [2.05, 4.69) is 10.2 Å². The summed E-state index contributed by atoms with van der Waals surface area (Å²) in [5.41, 5.74) is 1.26. The van der Waals surface area contributed by atoms with Crippen molar-refractivity contribution >= 4 is 10.9 Å². The first-order chi connectivity index (χ1) is 14.2. The van der Waals surface area contributed by atoms with Crippen LogP contribution in [0.5, 0.6) is 11.5 Å². The Morgan fingerprint density at radius 3 is 2.69 bits per heavy atom. The first kappa shape index (κ1) is 19.4. The molecule has 0 atom stereocenters. The number of benzene rings is 2. The van der Waals surface area contributed by atoms with Crippen molar-refractivity contribution in [3.05, 3.63) is 58.6 Å². The van der Waals surface area contributed by atoms with Crippen molar-refractivity contribution in [3.63, 3.8) is 0 Å². The lowest BCUT2D eigenvalue weighted by Crippen LogP contribution is -2.44. The minimum atomic E-state index is -0.102. The normalized spacial score (nSPS) is 14.8. The highest BCUT2D eigenvalue weighted by molar-refractivity contribution is 5.79. The molecule has 1 aromatic heterocycles. The summed E-state index contributed by atoms with van der Waals surface area (Å²) in [7, 11) is 1.61. The highest BCUT2D eigenvalue weighted by Gasteiger charge is 2.19. The molecular formula is C22H26N4O3. The zero-order valence-corrected chi connectivity index (χ0v) is 16.9. The first-order valence-electron chi connectivity index (χ1n) is 9.96. The molecule has 7 nitrogen and oxygen atoms in total. The van der Waals surface area contributed by atoms with Gasteiger partial charge in [-0.15, -0.1) is 0 Å². The maximum atomic E-state index is 13.5. The lowest BCUT2D eigenvalue weighted by atomic mass is 10.2. The van der Waals surface area contributed by atoms with E-state index in [-0.39, 0.29) is 5.56 Å². The summed E-state index contributed by atoms with van der Waals surface area (Å²) in [6, 6.07) is 13.0. The lowest BCUT2D eigenvalue weighted by Gasteiger charge is -2.28. The summed E-state index contributed by atoms with van der Waals surface area (Å²) in [5, 5.41) is 3.92. The molecule has 1 saturated heterocycles. The maximum Gasteiger partial charge on any atom is 0.266 e. The molecule has 2 aromatic carbocycles. The number of hydrogen-bond acceptors (Lipinski definition) is 6. The van der Waals surface area contributed by atoms with Crippen molar-refractivity contribution < 1.29 is 9.47 Å². The van der Waals surface area contributed by atoms with E-state index in [0.717, 1.165) is 31.9 Å². The van der Waals surface area contributed by atoms with Crippen LogP contribution in [-0.4, -0.2) is 54.3 Å². The zero-order chi connectivity index (χ0) is 20.2. The van der Waals surface area contributed by atoms with Gasteiger partial charge in [0.1, 0.15) is 17.3 Å². The van der Waals surface area contributed by atoms with Crippen molar-refractivity contribution in [1.82, 2.24) is 19.8 Å². The number of piperazine rings is 1. The van der Waals surface area contributed by atoms with Gasteiger partial charge in [-0.2, -0.15) is 0 Å². The molecule has 4 rings (SSSR count). The van der Waals surface area contributed by atoms with Crippen LogP contribution in [0.4, 0.5) is 0 Å². The summed E-state index contributed by atoms with van der Waals surface area (Å²) in [5.74, 6) is 2.06. The Labute approximate surface area is 169 Å². The Bertz CT molecular complexity index is 1060. The third-order valence-corrected chi connectivity index (χ3v) is 5.13. The van der Waals surface area contributed by atoms with Gasteiger partial charge in [-0.25, -0.2) is 4.98 Å². The van der Waals surface area contributed by atoms with Crippen LogP contribution in [0, 0.1) is 0 Å². The Kier molecular flexibility index (Phi) is 5.78. The largest absolute Gasteiger partial charge is 0.497 e. The molecule has 3 aromatic rings. The van der Waals surface area contributed by atoms with Gasteiger partial charge in [-0.05, 0) is 31.2 Å². The average molecular weight is 394 g/mol. The summed E-state index contributed by atoms with van der Waals surface area (Å²) in [6.07, 6.45) is 0. The minimum Gasteiger partial charge on any atom is -0.497 e. The van der Waals surface area contributed by atoms with Crippen molar-refractivity contribution in [2.45, 2.75) is 13.5 Å². The van der Waals surface area contributed by atoms with Crippen LogP contribution in [0.15, 0.2) is 47.3 Å². The molecule has 1 N–H and O–H groups in total. The van der Waals surface area contributed by atoms with Crippen LogP contribution >= 0.6 is 0 Å². The topological polar surface area (TPSA) is 68.6 Å². The van der Waals surface area contributed by atoms with Crippen LogP contribution in [0.1, 0.15) is 12.7 Å². The van der Waals surface area contributed by atoms with Gasteiger partial charge in [0, 0.05) is 32.2 Å². The Balaban J connectivity index is 1.91. The van der Waals surface area contributed by atoms with Gasteiger partial charge in [-0.3, -0.25) is 14.3 Å². The van der Waals surface area contributed by atoms with Gasteiger partial charge in [0.15, 0.2) is 0 Å². The smallest absolute Gasteiger partial charge is 0.266 e. The van der Waals surface area contributed by atoms with Gasteiger partial charge < -0.3 is 14.8 Å². The Hall–Kier alpha value is -2.90. The fourth-order valence-electron chi connectivity index (χ4n) is 3.68. The van der Waals surface area contributed by atoms with E-state index in [4.69, 9.17) is 14.5 Å². The second-order valence-electron chi connectivity index (χ2n) is 6.98. The van der Waals surface area contributed by atoms with Gasteiger partial charge in [0.2, 0.25) is 0 Å². The fraction of sp³-hybridized carbons (Fsp3) is 0.364. The number of rotatable bonds is 6. The number of nitrogens with one attached hydrogen (secondary N) is 1. The van der Waals surface area contributed by atoms with Crippen LogP contribution in [-0.2, 0) is 6.54 Å². The molecule has 7 heteroatoms. The Morgan fingerprint density at radius 1 is 1.14 bits per heavy atom. The van der Waals surface area contributed by atoms with E-state index in [9.17, 15) is 4.79 Å². The second-order valence-corrected chi connectivity index (χ2v) is 6.98. The van der Waals surface area contributed by atoms with E-state index in [1.165, 1.54) is 0 Å². The highest BCUT2D eigenvalue weighted by atomic mass is 16.5. The summed E-state index contributed by atoms with van der Waals surface area (Å²) in [6.45, 7) is 6.74. The van der Waals surface area contributed by atoms with Gasteiger partial charge in [-0.1, -0.05) is 12.1 Å². The Morgan fingerprint density at radius 2 is 1.93 bits per heavy atom. The van der Waals surface area contributed by atoms with Crippen LogP contribution in [0.25, 0.3) is 16.6 Å². The molecule has 29 heavy (non-hydrogen) atoms. The molecule has 1 aliphatic heterocycles. The van der Waals surface area contributed by atoms with E-state index < -0.39 is 0 Å². The molecule has 1 aliphatic rings. The highest BCUT2D eigenvalue weighted by Crippen LogP contribution is 2.25. The molecule has 0 unspecified atom stereocenters. The van der Waals surface area contributed by atoms with Crippen LogP contribution in [0.3, 0.4) is 0 Å². The maximum absolute atomic E-state index is 13.5. The molecule has 2 heterocycles. The molecule has 0 saturated carbocycles. The van der Waals surface area contributed by atoms with Gasteiger partial charge >= 0.3 is 0 Å². The number of fused-ring (bicyclic) bond motifs is 1. The zero-order valence-electron chi connectivity index (χ0n) is 16.9. The van der Waals surface area contributed by atoms with E-state index in [1.807, 2.05) is 37.3 Å². The fourth-order valence-corrected chi connectivity index (χ4v) is 3.68. The predicted molar refractivity (Wildman–Crippen MR) is 113 cm³/mol. The van der Waals surface area contributed by atoms with E-state index in [1.54, 1.807) is 23.8 Å². The number of nitrogens with zero attached hydrogens (tertiary/aromatic N) is 3. The summed E-state index contributed by atoms with van der Waals surface area (Å²) >= 11 is 0. The number of para-hydroxylation sites is 2. The number of hydrogen-bond donors (Lipinski definition) is 1. The SMILES string of the molecule is CCOc1ccccc1-n1c(CN2CCNCC2)nc2cc(OC)ccc2c1=O. The van der Waals surface area contributed by atoms with E-state index >= 15 is 0 Å². The molecule has 0 radical (unpaired) electrons. The van der Waals surface area contributed by atoms with Gasteiger partial charge in [0.05, 0.1) is 36.9 Å². The lowest BCUT2D eigenvalue weighted by molar-refractivity contribution is 0.226. The molecule has 1 fully saturated rings. The van der Waals surface area contributed by atoms with Crippen molar-refractivity contribution in [2.75, 3.05) is 39.9 Å². The summed E-state index contributed by atoms with van der Waals surface area (Å²) in [4.78, 5) is 20.7. The quantitative estimate of drug-likeness (QED) is 0.691. The third kappa shape index (κ3) is 3.97. The van der Waals surface area contributed by atoms with Crippen LogP contribution < -0.4 is 20.3 Å². The van der Waals surface area contributed by atoms with Crippen molar-refractivity contribution in [2.24, 2.45) is 0 Å². The number of aromatic nitrogens is 2. The standard InChI is InChI=1S/C22H26N4O3/c1-3-29-20-7-5-4-6-19(20)26-21(15-25-12-10-23-11-13-25)24-18-14-16(28-2)8-9-17(18)22(26)27/h4-9,14,23H,3,10-13,15H2,1-2H3. The number of ether oxygens (including phenoxy) is 2. The summed E-state index contributed by atoms with van der Waals surface area (Å²) < 4.78 is 12.8. The third-order valence-electron chi connectivity index (χ3n) is 5.13. The van der Waals surface area contributed by atoms with Crippen molar-refractivity contribution in [3.8, 4) is 17.2 Å². The minimum absolute atomic E-state index is 0.102. The first-order valence-corrected chi connectivity index (χ1v) is 9.96. The molecule has 0 aliphatic carbocycles. The van der Waals surface area contributed by atoms with Crippen LogP contribution in [0.2, 0.25) is 0 Å².